The first kappa shape index (κ1) is 24.2. The zero-order chi connectivity index (χ0) is 22.1. The van der Waals surface area contributed by atoms with Gasteiger partial charge in [-0.05, 0) is 39.3 Å². The lowest BCUT2D eigenvalue weighted by Crippen LogP contribution is -2.23. The number of esters is 3. The fourth-order valence-electron chi connectivity index (χ4n) is 2.67. The van der Waals surface area contributed by atoms with Crippen molar-refractivity contribution in [1.82, 2.24) is 0 Å². The molecule has 9 heteroatoms. The second-order valence-corrected chi connectivity index (χ2v) is 6.78. The molecule has 0 radical (unpaired) electrons. The smallest absolute Gasteiger partial charge is 0.342 e. The fourth-order valence-corrected chi connectivity index (χ4v) is 2.67. The van der Waals surface area contributed by atoms with Crippen molar-refractivity contribution in [3.8, 4) is 11.5 Å². The Balaban J connectivity index is 2.93. The maximum absolute atomic E-state index is 12.5. The third-order valence-corrected chi connectivity index (χ3v) is 3.76. The maximum atomic E-state index is 12.5. The van der Waals surface area contributed by atoms with E-state index in [0.717, 1.165) is 6.07 Å². The summed E-state index contributed by atoms with van der Waals surface area (Å²) in [5.74, 6) is -2.82. The Kier molecular flexibility index (Phi) is 9.40. The molecule has 0 aromatic heterocycles. The zero-order valence-corrected chi connectivity index (χ0v) is 17.0. The number of carbonyl (C=O) groups is 3. The third-order valence-electron chi connectivity index (χ3n) is 3.76. The van der Waals surface area contributed by atoms with Gasteiger partial charge in [-0.15, -0.1) is 0 Å². The molecule has 0 spiro atoms. The normalized spacial score (nSPS) is 13.8. The molecule has 0 aliphatic carbocycles. The van der Waals surface area contributed by atoms with Crippen molar-refractivity contribution in [2.45, 2.75) is 65.3 Å². The van der Waals surface area contributed by atoms with Crippen LogP contribution in [0.2, 0.25) is 0 Å². The number of aliphatic hydroxyl groups excluding tert-OH is 1. The van der Waals surface area contributed by atoms with E-state index in [0.29, 0.717) is 0 Å². The Bertz CT molecular complexity index is 727. The van der Waals surface area contributed by atoms with Crippen LogP contribution in [-0.2, 0) is 30.2 Å². The average Bonchev–Trinajstić information content (AvgIpc) is 2.52. The number of rotatable bonds is 10. The molecular weight excluding hydrogens is 384 g/mol. The minimum atomic E-state index is -0.892. The summed E-state index contributed by atoms with van der Waals surface area (Å²) in [6.45, 7) is 6.38. The van der Waals surface area contributed by atoms with Crippen LogP contribution in [0.3, 0.4) is 0 Å². The van der Waals surface area contributed by atoms with E-state index >= 15 is 0 Å². The fraction of sp³-hybridized carbons (Fsp3) is 0.550. The highest BCUT2D eigenvalue weighted by molar-refractivity contribution is 5.94. The van der Waals surface area contributed by atoms with Gasteiger partial charge in [0, 0.05) is 12.5 Å². The van der Waals surface area contributed by atoms with E-state index in [1.165, 1.54) is 19.9 Å². The van der Waals surface area contributed by atoms with Gasteiger partial charge in [-0.3, -0.25) is 9.59 Å². The van der Waals surface area contributed by atoms with Gasteiger partial charge in [0.25, 0.3) is 0 Å². The van der Waals surface area contributed by atoms with Crippen molar-refractivity contribution in [3.05, 3.63) is 23.3 Å². The summed E-state index contributed by atoms with van der Waals surface area (Å²) < 4.78 is 15.2. The highest BCUT2D eigenvalue weighted by atomic mass is 16.6. The molecule has 162 valence electrons. The molecular formula is C20H28O9. The van der Waals surface area contributed by atoms with Crippen LogP contribution >= 0.6 is 0 Å². The van der Waals surface area contributed by atoms with E-state index in [-0.39, 0.29) is 42.7 Å². The van der Waals surface area contributed by atoms with E-state index in [4.69, 9.17) is 14.2 Å². The monoisotopic (exact) mass is 412 g/mol. The Morgan fingerprint density at radius 1 is 0.966 bits per heavy atom. The highest BCUT2D eigenvalue weighted by Gasteiger charge is 2.24. The van der Waals surface area contributed by atoms with Gasteiger partial charge in [-0.1, -0.05) is 0 Å². The largest absolute Gasteiger partial charge is 0.508 e. The molecule has 0 saturated heterocycles. The SMILES string of the molecule is CCOC(=O)CC(C)OC(=O)c1c(O)cc(O)cc1CC(C)OC(=O)CC(C)O. The Morgan fingerprint density at radius 3 is 2.21 bits per heavy atom. The molecule has 1 rings (SSSR count). The molecule has 0 bridgehead atoms. The van der Waals surface area contributed by atoms with Gasteiger partial charge in [-0.2, -0.15) is 0 Å². The molecule has 0 fully saturated rings. The van der Waals surface area contributed by atoms with Crippen LogP contribution in [0.15, 0.2) is 12.1 Å². The summed E-state index contributed by atoms with van der Waals surface area (Å²) in [6.07, 6.45) is -2.69. The molecule has 3 atom stereocenters. The quantitative estimate of drug-likeness (QED) is 0.388. The molecule has 1 aromatic rings. The van der Waals surface area contributed by atoms with Gasteiger partial charge >= 0.3 is 17.9 Å². The van der Waals surface area contributed by atoms with E-state index in [1.807, 2.05) is 0 Å². The van der Waals surface area contributed by atoms with Crippen LogP contribution in [0.1, 0.15) is 56.5 Å². The molecule has 0 saturated carbocycles. The van der Waals surface area contributed by atoms with Crippen molar-refractivity contribution < 1.29 is 43.9 Å². The van der Waals surface area contributed by atoms with E-state index in [2.05, 4.69) is 0 Å². The van der Waals surface area contributed by atoms with Crippen molar-refractivity contribution in [2.24, 2.45) is 0 Å². The lowest BCUT2D eigenvalue weighted by molar-refractivity contribution is -0.150. The third kappa shape index (κ3) is 8.39. The molecule has 0 aliphatic heterocycles. The first-order valence-electron chi connectivity index (χ1n) is 9.32. The summed E-state index contributed by atoms with van der Waals surface area (Å²) in [7, 11) is 0. The predicted octanol–water partition coefficient (Wildman–Crippen LogP) is 1.84. The van der Waals surface area contributed by atoms with Gasteiger partial charge in [-0.25, -0.2) is 4.79 Å². The average molecular weight is 412 g/mol. The van der Waals surface area contributed by atoms with Crippen molar-refractivity contribution in [3.63, 3.8) is 0 Å². The number of benzene rings is 1. The van der Waals surface area contributed by atoms with Crippen molar-refractivity contribution in [1.29, 1.82) is 0 Å². The van der Waals surface area contributed by atoms with Gasteiger partial charge in [0.05, 0.1) is 25.6 Å². The standard InChI is InChI=1S/C20H28O9/c1-5-27-17(24)8-13(4)29-20(26)19-14(9-15(22)10-16(19)23)7-12(3)28-18(25)6-11(2)21/h9-13,21-23H,5-8H2,1-4H3. The van der Waals surface area contributed by atoms with E-state index < -0.39 is 42.0 Å². The number of hydrogen-bond donors (Lipinski definition) is 3. The Labute approximate surface area is 169 Å². The number of carbonyl (C=O) groups excluding carboxylic acids is 3. The molecule has 3 N–H and O–H groups in total. The first-order chi connectivity index (χ1) is 13.5. The highest BCUT2D eigenvalue weighted by Crippen LogP contribution is 2.30. The van der Waals surface area contributed by atoms with Gasteiger partial charge in [0.1, 0.15) is 29.3 Å². The summed E-state index contributed by atoms with van der Waals surface area (Å²) >= 11 is 0. The van der Waals surface area contributed by atoms with Gasteiger partial charge < -0.3 is 29.5 Å². The topological polar surface area (TPSA) is 140 Å². The molecule has 9 nitrogen and oxygen atoms in total. The number of ether oxygens (including phenoxy) is 3. The second kappa shape index (κ2) is 11.3. The summed E-state index contributed by atoms with van der Waals surface area (Å²) in [5, 5.41) is 29.1. The molecule has 0 amide bonds. The van der Waals surface area contributed by atoms with Gasteiger partial charge in [0.2, 0.25) is 0 Å². The number of hydrogen-bond acceptors (Lipinski definition) is 9. The molecule has 29 heavy (non-hydrogen) atoms. The summed E-state index contributed by atoms with van der Waals surface area (Å²) in [5.41, 5.74) is 0.00474. The molecule has 0 aliphatic rings. The zero-order valence-electron chi connectivity index (χ0n) is 17.0. The second-order valence-electron chi connectivity index (χ2n) is 6.78. The van der Waals surface area contributed by atoms with Crippen molar-refractivity contribution in [2.75, 3.05) is 6.61 Å². The molecule has 3 unspecified atom stereocenters. The lowest BCUT2D eigenvalue weighted by Gasteiger charge is -2.18. The summed E-state index contributed by atoms with van der Waals surface area (Å²) in [4.78, 5) is 35.7. The number of aromatic hydroxyl groups is 2. The first-order valence-corrected chi connectivity index (χ1v) is 9.32. The van der Waals surface area contributed by atoms with E-state index in [1.54, 1.807) is 13.8 Å². The predicted molar refractivity (Wildman–Crippen MR) is 101 cm³/mol. The van der Waals surface area contributed by atoms with Crippen LogP contribution in [0, 0.1) is 0 Å². The van der Waals surface area contributed by atoms with Crippen LogP contribution in [0.4, 0.5) is 0 Å². The lowest BCUT2D eigenvalue weighted by atomic mass is 10.00. The molecule has 0 heterocycles. The minimum absolute atomic E-state index is 0.00417. The van der Waals surface area contributed by atoms with Crippen LogP contribution in [0.25, 0.3) is 0 Å². The van der Waals surface area contributed by atoms with Gasteiger partial charge in [0.15, 0.2) is 0 Å². The Hall–Kier alpha value is -2.81. The minimum Gasteiger partial charge on any atom is -0.508 e. The Morgan fingerprint density at radius 2 is 1.62 bits per heavy atom. The molecule has 1 aromatic carbocycles. The number of phenols is 2. The maximum Gasteiger partial charge on any atom is 0.342 e. The number of phenolic OH excluding ortho intramolecular Hbond substituents is 2. The summed E-state index contributed by atoms with van der Waals surface area (Å²) in [6, 6.07) is 2.24. The van der Waals surface area contributed by atoms with Crippen LogP contribution in [0.5, 0.6) is 11.5 Å². The van der Waals surface area contributed by atoms with Crippen LogP contribution in [-0.4, -0.2) is 58.1 Å². The van der Waals surface area contributed by atoms with Crippen LogP contribution < -0.4 is 0 Å². The van der Waals surface area contributed by atoms with Crippen molar-refractivity contribution >= 4 is 17.9 Å². The van der Waals surface area contributed by atoms with E-state index in [9.17, 15) is 29.7 Å². The number of aliphatic hydroxyl groups is 1.